The van der Waals surface area contributed by atoms with Crippen molar-refractivity contribution in [2.75, 3.05) is 20.1 Å². The van der Waals surface area contributed by atoms with Gasteiger partial charge in [-0.15, -0.1) is 0 Å². The van der Waals surface area contributed by atoms with Crippen molar-refractivity contribution in [3.05, 3.63) is 59.5 Å². The van der Waals surface area contributed by atoms with Crippen LogP contribution in [0.25, 0.3) is 6.08 Å². The van der Waals surface area contributed by atoms with E-state index in [0.29, 0.717) is 25.4 Å². The van der Waals surface area contributed by atoms with Crippen molar-refractivity contribution in [3.63, 3.8) is 0 Å². The topological polar surface area (TPSA) is 95.8 Å². The van der Waals surface area contributed by atoms with Gasteiger partial charge in [0.15, 0.2) is 0 Å². The standard InChI is InChI=1S/C33H44N4O4/c1-4-23(2)29(32(40)37-20-17-33(18-21-37)16-14-25-12-8-9-13-26(25)33)36(3)31(39)27(22-24-10-6-5-7-11-24)35-30(38)28-15-19-34-41-28/h8-9,12-16,19,23-24,27,29H,4-7,10-11,17-18,20-22H2,1-3H3,(H,35,38)/t23-,27-,29-/m0/s1. The Kier molecular flexibility index (Phi) is 8.95. The van der Waals surface area contributed by atoms with Crippen LogP contribution in [-0.4, -0.2) is 64.9 Å². The molecule has 1 saturated carbocycles. The molecule has 2 aliphatic carbocycles. The summed E-state index contributed by atoms with van der Waals surface area (Å²) in [6.45, 7) is 5.40. The van der Waals surface area contributed by atoms with Crippen LogP contribution >= 0.6 is 0 Å². The number of fused-ring (bicyclic) bond motifs is 2. The van der Waals surface area contributed by atoms with Crippen molar-refractivity contribution in [2.24, 2.45) is 11.8 Å². The summed E-state index contributed by atoms with van der Waals surface area (Å²) in [4.78, 5) is 44.7. The summed E-state index contributed by atoms with van der Waals surface area (Å²) in [5.41, 5.74) is 2.61. The zero-order valence-corrected chi connectivity index (χ0v) is 24.7. The lowest BCUT2D eigenvalue weighted by atomic mass is 9.74. The van der Waals surface area contributed by atoms with Crippen LogP contribution in [0.3, 0.4) is 0 Å². The molecule has 0 radical (unpaired) electrons. The van der Waals surface area contributed by atoms with Crippen LogP contribution in [0.1, 0.15) is 93.3 Å². The van der Waals surface area contributed by atoms with E-state index in [4.69, 9.17) is 4.52 Å². The van der Waals surface area contributed by atoms with E-state index in [-0.39, 0.29) is 28.9 Å². The van der Waals surface area contributed by atoms with Gasteiger partial charge >= 0.3 is 0 Å². The van der Waals surface area contributed by atoms with Gasteiger partial charge in [-0.05, 0) is 42.2 Å². The van der Waals surface area contributed by atoms with E-state index in [1.165, 1.54) is 29.8 Å². The maximum atomic E-state index is 14.1. The summed E-state index contributed by atoms with van der Waals surface area (Å²) in [5, 5.41) is 6.56. The first-order valence-electron chi connectivity index (χ1n) is 15.4. The van der Waals surface area contributed by atoms with Gasteiger partial charge in [0.2, 0.25) is 17.6 Å². The van der Waals surface area contributed by atoms with Gasteiger partial charge in [-0.3, -0.25) is 14.4 Å². The molecule has 8 nitrogen and oxygen atoms in total. The Hall–Kier alpha value is -3.42. The fourth-order valence-electron chi connectivity index (χ4n) is 7.12. The second kappa shape index (κ2) is 12.6. The van der Waals surface area contributed by atoms with Gasteiger partial charge in [0.05, 0.1) is 6.20 Å². The molecule has 3 amide bonds. The lowest BCUT2D eigenvalue weighted by Crippen LogP contribution is -2.58. The first-order chi connectivity index (χ1) is 19.8. The van der Waals surface area contributed by atoms with Crippen LogP contribution in [-0.2, 0) is 15.0 Å². The SMILES string of the molecule is CC[C@H](C)[C@@H](C(=O)N1CCC2(C=Cc3ccccc32)CC1)N(C)C(=O)[C@H](CC1CCCCC1)NC(=O)c1ccno1. The number of nitrogens with one attached hydrogen (secondary N) is 1. The third kappa shape index (κ3) is 6.11. The second-order valence-electron chi connectivity index (χ2n) is 12.3. The third-order valence-corrected chi connectivity index (χ3v) is 9.81. The predicted octanol–water partition coefficient (Wildman–Crippen LogP) is 5.20. The normalized spacial score (nSPS) is 20.3. The fourth-order valence-corrected chi connectivity index (χ4v) is 7.12. The van der Waals surface area contributed by atoms with Crippen LogP contribution in [0.15, 0.2) is 47.1 Å². The lowest BCUT2D eigenvalue weighted by Gasteiger charge is -2.43. The van der Waals surface area contributed by atoms with Crippen molar-refractivity contribution < 1.29 is 18.9 Å². The Bertz CT molecular complexity index is 1240. The first-order valence-corrected chi connectivity index (χ1v) is 15.4. The molecule has 2 fully saturated rings. The summed E-state index contributed by atoms with van der Waals surface area (Å²) in [6.07, 6.45) is 14.6. The third-order valence-electron chi connectivity index (χ3n) is 9.81. The maximum absolute atomic E-state index is 14.1. The lowest BCUT2D eigenvalue weighted by molar-refractivity contribution is -0.148. The average molecular weight is 561 g/mol. The number of hydrogen-bond donors (Lipinski definition) is 1. The minimum Gasteiger partial charge on any atom is -0.351 e. The molecule has 1 spiro atoms. The number of hydrogen-bond acceptors (Lipinski definition) is 5. The molecule has 3 aliphatic rings. The van der Waals surface area contributed by atoms with E-state index in [0.717, 1.165) is 44.9 Å². The summed E-state index contributed by atoms with van der Waals surface area (Å²) >= 11 is 0. The summed E-state index contributed by atoms with van der Waals surface area (Å²) in [5.74, 6) is -0.267. The molecule has 5 rings (SSSR count). The minimum atomic E-state index is -0.732. The average Bonchev–Trinajstić information content (AvgIpc) is 3.67. The number of likely N-dealkylation sites (tertiary alicyclic amines) is 1. The molecule has 1 aliphatic heterocycles. The maximum Gasteiger partial charge on any atom is 0.290 e. The van der Waals surface area contributed by atoms with Gasteiger partial charge in [0, 0.05) is 31.6 Å². The Morgan fingerprint density at radius 1 is 1.12 bits per heavy atom. The molecule has 1 saturated heterocycles. The van der Waals surface area contributed by atoms with E-state index in [2.05, 4.69) is 53.8 Å². The molecule has 1 N–H and O–H groups in total. The van der Waals surface area contributed by atoms with Gasteiger partial charge in [0.1, 0.15) is 12.1 Å². The number of likely N-dealkylation sites (N-methyl/N-ethyl adjacent to an activating group) is 1. The number of aromatic nitrogens is 1. The molecular formula is C33H44N4O4. The molecule has 8 heteroatoms. The van der Waals surface area contributed by atoms with Crippen molar-refractivity contribution in [3.8, 4) is 0 Å². The van der Waals surface area contributed by atoms with E-state index in [1.807, 2.05) is 11.8 Å². The van der Waals surface area contributed by atoms with E-state index < -0.39 is 18.0 Å². The highest BCUT2D eigenvalue weighted by atomic mass is 16.5. The number of rotatable bonds is 9. The number of benzene rings is 1. The number of amides is 3. The van der Waals surface area contributed by atoms with Crippen LogP contribution in [0.2, 0.25) is 0 Å². The van der Waals surface area contributed by atoms with Crippen LogP contribution < -0.4 is 5.32 Å². The largest absolute Gasteiger partial charge is 0.351 e. The fraction of sp³-hybridized carbons (Fsp3) is 0.576. The van der Waals surface area contributed by atoms with Gasteiger partial charge in [-0.25, -0.2) is 0 Å². The predicted molar refractivity (Wildman–Crippen MR) is 158 cm³/mol. The van der Waals surface area contributed by atoms with Gasteiger partial charge in [-0.1, -0.05) is 93.9 Å². The number of carbonyl (C=O) groups is 3. The zero-order chi connectivity index (χ0) is 29.0. The quantitative estimate of drug-likeness (QED) is 0.455. The zero-order valence-electron chi connectivity index (χ0n) is 24.7. The molecule has 0 unspecified atom stereocenters. The number of piperidine rings is 1. The highest BCUT2D eigenvalue weighted by Crippen LogP contribution is 2.43. The van der Waals surface area contributed by atoms with Crippen LogP contribution in [0.5, 0.6) is 0 Å². The molecule has 0 bridgehead atoms. The Balaban J connectivity index is 1.31. The summed E-state index contributed by atoms with van der Waals surface area (Å²) in [6, 6.07) is 8.70. The van der Waals surface area contributed by atoms with Crippen molar-refractivity contribution in [2.45, 2.75) is 89.1 Å². The van der Waals surface area contributed by atoms with Gasteiger partial charge in [0.25, 0.3) is 5.91 Å². The second-order valence-corrected chi connectivity index (χ2v) is 12.3. The molecule has 220 valence electrons. The Morgan fingerprint density at radius 2 is 1.85 bits per heavy atom. The Morgan fingerprint density at radius 3 is 2.54 bits per heavy atom. The first kappa shape index (κ1) is 29.1. The smallest absolute Gasteiger partial charge is 0.290 e. The molecule has 1 aromatic carbocycles. The molecular weight excluding hydrogens is 516 g/mol. The van der Waals surface area contributed by atoms with E-state index in [9.17, 15) is 14.4 Å². The van der Waals surface area contributed by atoms with Crippen molar-refractivity contribution >= 4 is 23.8 Å². The van der Waals surface area contributed by atoms with E-state index in [1.54, 1.807) is 11.9 Å². The molecule has 1 aromatic heterocycles. The molecule has 3 atom stereocenters. The monoisotopic (exact) mass is 560 g/mol. The van der Waals surface area contributed by atoms with Crippen LogP contribution in [0.4, 0.5) is 0 Å². The summed E-state index contributed by atoms with van der Waals surface area (Å²) in [7, 11) is 1.73. The molecule has 41 heavy (non-hydrogen) atoms. The van der Waals surface area contributed by atoms with Crippen molar-refractivity contribution in [1.82, 2.24) is 20.3 Å². The minimum absolute atomic E-state index is 0.00158. The van der Waals surface area contributed by atoms with Gasteiger partial charge < -0.3 is 19.6 Å². The number of nitrogens with zero attached hydrogens (tertiary/aromatic N) is 3. The summed E-state index contributed by atoms with van der Waals surface area (Å²) < 4.78 is 5.06. The van der Waals surface area contributed by atoms with Crippen molar-refractivity contribution in [1.29, 1.82) is 0 Å². The highest BCUT2D eigenvalue weighted by molar-refractivity contribution is 5.96. The number of allylic oxidation sites excluding steroid dienone is 1. The Labute approximate surface area is 243 Å². The van der Waals surface area contributed by atoms with E-state index >= 15 is 0 Å². The highest BCUT2D eigenvalue weighted by Gasteiger charge is 2.43. The molecule has 2 heterocycles. The van der Waals surface area contributed by atoms with Crippen LogP contribution in [0, 0.1) is 11.8 Å². The number of carbonyl (C=O) groups excluding carboxylic acids is 3. The molecule has 2 aromatic rings. The van der Waals surface area contributed by atoms with Gasteiger partial charge in [-0.2, -0.15) is 0 Å².